The first kappa shape index (κ1) is 19.4. The van der Waals surface area contributed by atoms with Crippen LogP contribution in [-0.2, 0) is 6.54 Å². The van der Waals surface area contributed by atoms with Gasteiger partial charge < -0.3 is 20.4 Å². The normalized spacial score (nSPS) is 19.8. The van der Waals surface area contributed by atoms with Gasteiger partial charge in [-0.05, 0) is 23.6 Å². The molecule has 2 rings (SSSR count). The maximum atomic E-state index is 12.5. The Bertz CT molecular complexity index is 604. The molecule has 6 nitrogen and oxygen atoms in total. The summed E-state index contributed by atoms with van der Waals surface area (Å²) in [4.78, 5) is 27.7. The van der Waals surface area contributed by atoms with E-state index in [-0.39, 0.29) is 24.0 Å². The van der Waals surface area contributed by atoms with Crippen molar-refractivity contribution in [2.75, 3.05) is 27.2 Å². The van der Waals surface area contributed by atoms with Gasteiger partial charge >= 0.3 is 12.1 Å². The van der Waals surface area contributed by atoms with E-state index in [4.69, 9.17) is 11.6 Å². The number of carbonyl (C=O) groups excluding carboxylic acids is 2. The van der Waals surface area contributed by atoms with E-state index in [0.29, 0.717) is 30.6 Å². The summed E-state index contributed by atoms with van der Waals surface area (Å²) in [5, 5.41) is 6.64. The first-order valence-corrected chi connectivity index (χ1v) is 8.90. The molecule has 1 aromatic rings. The molecule has 1 aliphatic rings. The van der Waals surface area contributed by atoms with Crippen molar-refractivity contribution in [1.82, 2.24) is 20.4 Å². The predicted octanol–water partition coefficient (Wildman–Crippen LogP) is 2.78. The number of benzene rings is 1. The minimum Gasteiger partial charge on any atom is -0.334 e. The van der Waals surface area contributed by atoms with Gasteiger partial charge in [0.15, 0.2) is 0 Å². The van der Waals surface area contributed by atoms with Crippen LogP contribution in [0, 0.1) is 11.8 Å². The second kappa shape index (κ2) is 8.43. The molecule has 7 heteroatoms. The molecule has 0 bridgehead atoms. The van der Waals surface area contributed by atoms with Crippen LogP contribution in [0.25, 0.3) is 0 Å². The Morgan fingerprint density at radius 3 is 2.44 bits per heavy atom. The summed E-state index contributed by atoms with van der Waals surface area (Å²) in [6.07, 6.45) is 0. The molecule has 0 spiro atoms. The second-order valence-electron chi connectivity index (χ2n) is 7.05. The van der Waals surface area contributed by atoms with Crippen LogP contribution < -0.4 is 10.6 Å². The smallest absolute Gasteiger partial charge is 0.317 e. The Labute approximate surface area is 154 Å². The van der Waals surface area contributed by atoms with Crippen LogP contribution in [0.1, 0.15) is 19.4 Å². The Morgan fingerprint density at radius 2 is 1.88 bits per heavy atom. The number of hydrogen-bond acceptors (Lipinski definition) is 2. The van der Waals surface area contributed by atoms with E-state index in [2.05, 4.69) is 24.5 Å². The van der Waals surface area contributed by atoms with Crippen LogP contribution in [-0.4, -0.2) is 55.1 Å². The molecule has 2 atom stereocenters. The third kappa shape index (κ3) is 5.26. The van der Waals surface area contributed by atoms with Crippen molar-refractivity contribution in [3.63, 3.8) is 0 Å². The zero-order valence-electron chi connectivity index (χ0n) is 15.3. The lowest BCUT2D eigenvalue weighted by Crippen LogP contribution is -2.46. The van der Waals surface area contributed by atoms with E-state index in [1.54, 1.807) is 31.1 Å². The molecule has 2 N–H and O–H groups in total. The summed E-state index contributed by atoms with van der Waals surface area (Å²) in [7, 11) is 3.43. The first-order chi connectivity index (χ1) is 11.8. The minimum atomic E-state index is -0.126. The summed E-state index contributed by atoms with van der Waals surface area (Å²) in [5.74, 6) is 0.617. The zero-order valence-corrected chi connectivity index (χ0v) is 16.0. The average Bonchev–Trinajstić information content (AvgIpc) is 2.98. The van der Waals surface area contributed by atoms with Crippen molar-refractivity contribution in [1.29, 1.82) is 0 Å². The number of likely N-dealkylation sites (tertiary alicyclic amines) is 1. The number of halogens is 1. The Hall–Kier alpha value is -1.95. The molecule has 0 radical (unpaired) electrons. The molecule has 1 saturated heterocycles. The van der Waals surface area contributed by atoms with E-state index in [9.17, 15) is 9.59 Å². The fourth-order valence-corrected chi connectivity index (χ4v) is 3.13. The van der Waals surface area contributed by atoms with Crippen molar-refractivity contribution in [3.8, 4) is 0 Å². The van der Waals surface area contributed by atoms with Gasteiger partial charge in [0.1, 0.15) is 0 Å². The number of carbonyl (C=O) groups is 2. The SMILES string of the molecule is CC(C)[C@@H]1CN(C(=O)NCc2ccc(Cl)cc2)C[C@H]1NC(=O)N(C)C. The molecule has 4 amide bonds. The average molecular weight is 367 g/mol. The van der Waals surface area contributed by atoms with Crippen LogP contribution in [0.3, 0.4) is 0 Å². The van der Waals surface area contributed by atoms with Gasteiger partial charge in [-0.15, -0.1) is 0 Å². The van der Waals surface area contributed by atoms with Gasteiger partial charge in [-0.2, -0.15) is 0 Å². The molecular weight excluding hydrogens is 340 g/mol. The standard InChI is InChI=1S/C18H27ClN4O2/c1-12(2)15-10-23(11-16(15)21-18(25)22(3)4)17(24)20-9-13-5-7-14(19)8-6-13/h5-8,12,15-16H,9-11H2,1-4H3,(H,20,24)(H,21,25)/t15-,16+/m0/s1. The van der Waals surface area contributed by atoms with Crippen LogP contribution in [0.2, 0.25) is 5.02 Å². The lowest BCUT2D eigenvalue weighted by molar-refractivity contribution is 0.203. The van der Waals surface area contributed by atoms with Crippen molar-refractivity contribution < 1.29 is 9.59 Å². The highest BCUT2D eigenvalue weighted by atomic mass is 35.5. The number of hydrogen-bond donors (Lipinski definition) is 2. The fraction of sp³-hybridized carbons (Fsp3) is 0.556. The highest BCUT2D eigenvalue weighted by molar-refractivity contribution is 6.30. The van der Waals surface area contributed by atoms with Gasteiger partial charge in [0.2, 0.25) is 0 Å². The minimum absolute atomic E-state index is 0.0313. The molecule has 1 heterocycles. The number of rotatable bonds is 4. The highest BCUT2D eigenvalue weighted by Gasteiger charge is 2.37. The number of nitrogens with one attached hydrogen (secondary N) is 2. The van der Waals surface area contributed by atoms with Crippen LogP contribution in [0.15, 0.2) is 24.3 Å². The lowest BCUT2D eigenvalue weighted by Gasteiger charge is -2.24. The Balaban J connectivity index is 1.93. The molecule has 25 heavy (non-hydrogen) atoms. The first-order valence-electron chi connectivity index (χ1n) is 8.53. The quantitative estimate of drug-likeness (QED) is 0.860. The summed E-state index contributed by atoms with van der Waals surface area (Å²) in [5.41, 5.74) is 0.995. The molecular formula is C18H27ClN4O2. The van der Waals surface area contributed by atoms with Gasteiger partial charge in [-0.1, -0.05) is 37.6 Å². The topological polar surface area (TPSA) is 64.7 Å². The van der Waals surface area contributed by atoms with E-state index < -0.39 is 0 Å². The third-order valence-corrected chi connectivity index (χ3v) is 4.83. The van der Waals surface area contributed by atoms with Crippen LogP contribution in [0.5, 0.6) is 0 Å². The second-order valence-corrected chi connectivity index (χ2v) is 7.48. The monoisotopic (exact) mass is 366 g/mol. The van der Waals surface area contributed by atoms with Gasteiger partial charge in [-0.3, -0.25) is 0 Å². The predicted molar refractivity (Wildman–Crippen MR) is 99.6 cm³/mol. The van der Waals surface area contributed by atoms with Crippen molar-refractivity contribution in [2.24, 2.45) is 11.8 Å². The highest BCUT2D eigenvalue weighted by Crippen LogP contribution is 2.24. The molecule has 1 aliphatic heterocycles. The van der Waals surface area contributed by atoms with E-state index in [1.165, 1.54) is 4.90 Å². The van der Waals surface area contributed by atoms with E-state index in [0.717, 1.165) is 5.56 Å². The van der Waals surface area contributed by atoms with E-state index in [1.807, 2.05) is 12.1 Å². The maximum Gasteiger partial charge on any atom is 0.317 e. The Morgan fingerprint density at radius 1 is 1.24 bits per heavy atom. The summed E-state index contributed by atoms with van der Waals surface area (Å²) < 4.78 is 0. The molecule has 0 unspecified atom stereocenters. The molecule has 0 saturated carbocycles. The third-order valence-electron chi connectivity index (χ3n) is 4.58. The summed E-state index contributed by atoms with van der Waals surface area (Å²) >= 11 is 5.87. The molecule has 138 valence electrons. The van der Waals surface area contributed by atoms with Gasteiger partial charge in [0.05, 0.1) is 6.04 Å². The van der Waals surface area contributed by atoms with Crippen molar-refractivity contribution in [2.45, 2.75) is 26.4 Å². The van der Waals surface area contributed by atoms with Crippen molar-refractivity contribution in [3.05, 3.63) is 34.9 Å². The fourth-order valence-electron chi connectivity index (χ4n) is 3.00. The lowest BCUT2D eigenvalue weighted by atomic mass is 9.91. The number of amides is 4. The van der Waals surface area contributed by atoms with E-state index >= 15 is 0 Å². The van der Waals surface area contributed by atoms with Crippen molar-refractivity contribution >= 4 is 23.7 Å². The van der Waals surface area contributed by atoms with Gasteiger partial charge in [-0.25, -0.2) is 9.59 Å². The molecule has 1 aromatic carbocycles. The maximum absolute atomic E-state index is 12.5. The molecule has 1 fully saturated rings. The summed E-state index contributed by atoms with van der Waals surface area (Å²) in [6, 6.07) is 7.13. The zero-order chi connectivity index (χ0) is 18.6. The van der Waals surface area contributed by atoms with Crippen LogP contribution >= 0.6 is 11.6 Å². The Kier molecular flexibility index (Phi) is 6.53. The summed E-state index contributed by atoms with van der Waals surface area (Å²) in [6.45, 7) is 5.86. The van der Waals surface area contributed by atoms with Gasteiger partial charge in [0.25, 0.3) is 0 Å². The molecule has 0 aromatic heterocycles. The van der Waals surface area contributed by atoms with Gasteiger partial charge in [0, 0.05) is 44.7 Å². The number of nitrogens with zero attached hydrogens (tertiary/aromatic N) is 2. The van der Waals surface area contributed by atoms with Crippen LogP contribution in [0.4, 0.5) is 9.59 Å². The largest absolute Gasteiger partial charge is 0.334 e. The molecule has 0 aliphatic carbocycles. The number of urea groups is 2.